The van der Waals surface area contributed by atoms with E-state index < -0.39 is 0 Å². The second kappa shape index (κ2) is 3.14. The van der Waals surface area contributed by atoms with Crippen molar-refractivity contribution in [2.45, 2.75) is 11.2 Å². The third-order valence-corrected chi connectivity index (χ3v) is 2.97. The number of hydrogen-bond donors (Lipinski definition) is 0. The minimum Gasteiger partial charge on any atom is -0.294 e. The molecule has 1 amide bonds. The summed E-state index contributed by atoms with van der Waals surface area (Å²) in [5, 5.41) is 4.18. The van der Waals surface area contributed by atoms with E-state index in [4.69, 9.17) is 0 Å². The zero-order valence-electron chi connectivity index (χ0n) is 7.27. The van der Waals surface area contributed by atoms with Crippen molar-refractivity contribution in [1.29, 1.82) is 0 Å². The average molecular weight is 244 g/mol. The van der Waals surface area contributed by atoms with Gasteiger partial charge in [0.1, 0.15) is 0 Å². The molecule has 1 aliphatic rings. The van der Waals surface area contributed by atoms with E-state index >= 15 is 0 Å². The molecule has 0 aromatic carbocycles. The van der Waals surface area contributed by atoms with Gasteiger partial charge in [-0.3, -0.25) is 14.4 Å². The lowest BCUT2D eigenvalue weighted by Gasteiger charge is -2.11. The Morgan fingerprint density at radius 3 is 2.92 bits per heavy atom. The van der Waals surface area contributed by atoms with E-state index in [0.29, 0.717) is 0 Å². The molecule has 1 unspecified atom stereocenters. The first-order valence-corrected chi connectivity index (χ1v) is 5.05. The largest absolute Gasteiger partial charge is 0.294 e. The predicted octanol–water partition coefficient (Wildman–Crippen LogP) is 0.920. The highest BCUT2D eigenvalue weighted by molar-refractivity contribution is 9.10. The van der Waals surface area contributed by atoms with Crippen LogP contribution in [0.4, 0.5) is 5.82 Å². The van der Waals surface area contributed by atoms with Crippen LogP contribution in [0.2, 0.25) is 0 Å². The van der Waals surface area contributed by atoms with Crippen LogP contribution in [0.3, 0.4) is 0 Å². The zero-order valence-corrected chi connectivity index (χ0v) is 8.86. The molecule has 4 nitrogen and oxygen atoms in total. The van der Waals surface area contributed by atoms with Crippen molar-refractivity contribution in [3.63, 3.8) is 0 Å². The molecular weight excluding hydrogens is 234 g/mol. The van der Waals surface area contributed by atoms with Gasteiger partial charge < -0.3 is 0 Å². The van der Waals surface area contributed by atoms with Gasteiger partial charge in [0.2, 0.25) is 5.91 Å². The van der Waals surface area contributed by atoms with Crippen LogP contribution >= 0.6 is 15.9 Å². The first-order chi connectivity index (χ1) is 6.18. The Balaban J connectivity index is 2.23. The van der Waals surface area contributed by atoms with Gasteiger partial charge in [-0.1, -0.05) is 15.9 Å². The molecule has 1 saturated heterocycles. The van der Waals surface area contributed by atoms with Gasteiger partial charge in [-0.05, 0) is 6.42 Å². The molecule has 0 saturated carbocycles. The third kappa shape index (κ3) is 1.48. The van der Waals surface area contributed by atoms with Crippen LogP contribution in [-0.2, 0) is 11.8 Å². The molecule has 0 N–H and O–H groups in total. The second-order valence-electron chi connectivity index (χ2n) is 3.09. The maximum atomic E-state index is 11.5. The second-order valence-corrected chi connectivity index (χ2v) is 4.20. The van der Waals surface area contributed by atoms with E-state index in [1.165, 1.54) is 0 Å². The van der Waals surface area contributed by atoms with Gasteiger partial charge in [-0.25, -0.2) is 0 Å². The molecule has 70 valence electrons. The normalized spacial score (nSPS) is 22.8. The number of carbonyl (C=O) groups excluding carboxylic acids is 1. The fourth-order valence-electron chi connectivity index (χ4n) is 1.42. The monoisotopic (exact) mass is 243 g/mol. The summed E-state index contributed by atoms with van der Waals surface area (Å²) in [6.45, 7) is 0.756. The molecule has 5 heteroatoms. The van der Waals surface area contributed by atoms with Gasteiger partial charge >= 0.3 is 0 Å². The number of amides is 1. The molecule has 1 fully saturated rings. The summed E-state index contributed by atoms with van der Waals surface area (Å²) in [6, 6.07) is 1.85. The van der Waals surface area contributed by atoms with Gasteiger partial charge in [0.25, 0.3) is 0 Å². The highest BCUT2D eigenvalue weighted by atomic mass is 79.9. The quantitative estimate of drug-likeness (QED) is 0.689. The molecule has 0 spiro atoms. The maximum Gasteiger partial charge on any atom is 0.242 e. The van der Waals surface area contributed by atoms with E-state index in [2.05, 4.69) is 21.0 Å². The number of anilines is 1. The summed E-state index contributed by atoms with van der Waals surface area (Å²) >= 11 is 3.32. The molecule has 0 bridgehead atoms. The van der Waals surface area contributed by atoms with Crippen LogP contribution in [-0.4, -0.2) is 27.1 Å². The molecule has 0 aliphatic carbocycles. The molecule has 1 atom stereocenters. The van der Waals surface area contributed by atoms with E-state index in [1.54, 1.807) is 9.58 Å². The number of carbonyl (C=O) groups is 1. The van der Waals surface area contributed by atoms with Crippen molar-refractivity contribution in [2.75, 3.05) is 11.4 Å². The molecule has 13 heavy (non-hydrogen) atoms. The number of aryl methyl sites for hydroxylation is 1. The maximum absolute atomic E-state index is 11.5. The van der Waals surface area contributed by atoms with Gasteiger partial charge in [0, 0.05) is 25.9 Å². The summed E-state index contributed by atoms with van der Waals surface area (Å²) in [5.74, 6) is 0.855. The van der Waals surface area contributed by atoms with Crippen LogP contribution in [0.25, 0.3) is 0 Å². The number of alkyl halides is 1. The van der Waals surface area contributed by atoms with Crippen molar-refractivity contribution in [2.24, 2.45) is 7.05 Å². The molecular formula is C8H10BrN3O. The Morgan fingerprint density at radius 2 is 2.46 bits per heavy atom. The number of aromatic nitrogens is 2. The fraction of sp³-hybridized carbons (Fsp3) is 0.500. The Morgan fingerprint density at radius 1 is 1.69 bits per heavy atom. The molecule has 1 aromatic heterocycles. The molecule has 1 aliphatic heterocycles. The molecule has 2 heterocycles. The summed E-state index contributed by atoms with van der Waals surface area (Å²) in [6.07, 6.45) is 2.69. The lowest BCUT2D eigenvalue weighted by Crippen LogP contribution is -2.27. The number of nitrogens with zero attached hydrogens (tertiary/aromatic N) is 3. The Bertz CT molecular complexity index is 336. The SMILES string of the molecule is Cn1ccc(N2CCC(Br)C2=O)n1. The van der Waals surface area contributed by atoms with Crippen LogP contribution in [0.1, 0.15) is 6.42 Å². The van der Waals surface area contributed by atoms with Crippen LogP contribution in [0.15, 0.2) is 12.3 Å². The van der Waals surface area contributed by atoms with Gasteiger partial charge in [0.05, 0.1) is 4.83 Å². The molecule has 0 radical (unpaired) electrons. The summed E-state index contributed by atoms with van der Waals surface area (Å²) in [7, 11) is 1.84. The smallest absolute Gasteiger partial charge is 0.242 e. The highest BCUT2D eigenvalue weighted by Crippen LogP contribution is 2.23. The zero-order chi connectivity index (χ0) is 9.42. The fourth-order valence-corrected chi connectivity index (χ4v) is 1.87. The summed E-state index contributed by atoms with van der Waals surface area (Å²) in [4.78, 5) is 13.2. The first-order valence-electron chi connectivity index (χ1n) is 4.13. The minimum atomic E-state index is -0.0329. The Kier molecular flexibility index (Phi) is 2.11. The number of halogens is 1. The van der Waals surface area contributed by atoms with Crippen LogP contribution in [0, 0.1) is 0 Å². The van der Waals surface area contributed by atoms with Gasteiger partial charge in [-0.15, -0.1) is 0 Å². The van der Waals surface area contributed by atoms with E-state index in [0.717, 1.165) is 18.8 Å². The lowest BCUT2D eigenvalue weighted by atomic mass is 10.4. The predicted molar refractivity (Wildman–Crippen MR) is 52.9 cm³/mol. The lowest BCUT2D eigenvalue weighted by molar-refractivity contribution is -0.116. The van der Waals surface area contributed by atoms with Gasteiger partial charge in [0.15, 0.2) is 5.82 Å². The minimum absolute atomic E-state index is 0.0329. The van der Waals surface area contributed by atoms with Crippen molar-refractivity contribution < 1.29 is 4.79 Å². The standard InChI is InChI=1S/C8H10BrN3O/c1-11-4-3-7(10-11)12-5-2-6(9)8(12)13/h3-4,6H,2,5H2,1H3. The van der Waals surface area contributed by atoms with E-state index in [9.17, 15) is 4.79 Å². The van der Waals surface area contributed by atoms with Crippen LogP contribution in [0.5, 0.6) is 0 Å². The average Bonchev–Trinajstić information content (AvgIpc) is 2.62. The Labute approximate surface area is 84.6 Å². The summed E-state index contributed by atoms with van der Waals surface area (Å²) in [5.41, 5.74) is 0. The number of hydrogen-bond acceptors (Lipinski definition) is 2. The summed E-state index contributed by atoms with van der Waals surface area (Å²) < 4.78 is 1.70. The van der Waals surface area contributed by atoms with Crippen LogP contribution < -0.4 is 4.90 Å². The Hall–Kier alpha value is -0.840. The van der Waals surface area contributed by atoms with Crippen molar-refractivity contribution in [1.82, 2.24) is 9.78 Å². The molecule has 1 aromatic rings. The van der Waals surface area contributed by atoms with E-state index in [1.807, 2.05) is 19.3 Å². The van der Waals surface area contributed by atoms with Gasteiger partial charge in [-0.2, -0.15) is 5.10 Å². The van der Waals surface area contributed by atoms with Crippen molar-refractivity contribution in [3.8, 4) is 0 Å². The van der Waals surface area contributed by atoms with Crippen molar-refractivity contribution >= 4 is 27.7 Å². The third-order valence-electron chi connectivity index (χ3n) is 2.12. The molecule has 2 rings (SSSR count). The van der Waals surface area contributed by atoms with E-state index in [-0.39, 0.29) is 10.7 Å². The highest BCUT2D eigenvalue weighted by Gasteiger charge is 2.31. The first kappa shape index (κ1) is 8.74. The van der Waals surface area contributed by atoms with Crippen molar-refractivity contribution in [3.05, 3.63) is 12.3 Å². The number of rotatable bonds is 1. The topological polar surface area (TPSA) is 38.1 Å².